The van der Waals surface area contributed by atoms with Gasteiger partial charge in [0.1, 0.15) is 0 Å². The second-order valence-electron chi connectivity index (χ2n) is 3.28. The van der Waals surface area contributed by atoms with E-state index < -0.39 is 0 Å². The van der Waals surface area contributed by atoms with Crippen LogP contribution in [0.3, 0.4) is 0 Å². The van der Waals surface area contributed by atoms with Crippen LogP contribution in [0.2, 0.25) is 0 Å². The molecule has 0 radical (unpaired) electrons. The summed E-state index contributed by atoms with van der Waals surface area (Å²) in [6.45, 7) is 0. The molecular formula is C10H16N2S. The molecule has 1 atom stereocenters. The summed E-state index contributed by atoms with van der Waals surface area (Å²) in [5.74, 6) is 0.901. The van der Waals surface area contributed by atoms with Crippen LogP contribution in [0.1, 0.15) is 18.0 Å². The lowest BCUT2D eigenvalue weighted by Gasteiger charge is -2.23. The van der Waals surface area contributed by atoms with E-state index in [9.17, 15) is 0 Å². The minimum atomic E-state index is 0.436. The molecule has 0 spiro atoms. The molecule has 0 N–H and O–H groups in total. The average Bonchev–Trinajstić information content (AvgIpc) is 2.15. The Kier molecular flexibility index (Phi) is 4.25. The van der Waals surface area contributed by atoms with E-state index in [1.54, 1.807) is 6.20 Å². The summed E-state index contributed by atoms with van der Waals surface area (Å²) < 4.78 is 0. The Labute approximate surface area is 85.4 Å². The lowest BCUT2D eigenvalue weighted by Crippen LogP contribution is -2.20. The van der Waals surface area contributed by atoms with Crippen molar-refractivity contribution in [2.45, 2.75) is 12.5 Å². The Balaban J connectivity index is 2.76. The molecule has 13 heavy (non-hydrogen) atoms. The number of hydrogen-bond acceptors (Lipinski definition) is 3. The number of nitrogens with zero attached hydrogens (tertiary/aromatic N) is 2. The van der Waals surface area contributed by atoms with E-state index in [1.807, 2.05) is 12.3 Å². The normalized spacial score (nSPS) is 13.2. The fraction of sp³-hybridized carbons (Fsp3) is 0.500. The van der Waals surface area contributed by atoms with Gasteiger partial charge in [-0.2, -0.15) is 12.6 Å². The summed E-state index contributed by atoms with van der Waals surface area (Å²) in [6, 6.07) is 4.53. The van der Waals surface area contributed by atoms with Crippen molar-refractivity contribution in [1.29, 1.82) is 0 Å². The molecule has 0 aliphatic carbocycles. The van der Waals surface area contributed by atoms with Crippen LogP contribution in [0.4, 0.5) is 0 Å². The summed E-state index contributed by atoms with van der Waals surface area (Å²) in [4.78, 5) is 6.32. The molecular weight excluding hydrogens is 180 g/mol. The molecule has 1 aromatic rings. The molecule has 1 unspecified atom stereocenters. The van der Waals surface area contributed by atoms with E-state index in [2.05, 4.69) is 42.7 Å². The molecule has 2 nitrogen and oxygen atoms in total. The fourth-order valence-electron chi connectivity index (χ4n) is 1.42. The van der Waals surface area contributed by atoms with Crippen LogP contribution in [0.5, 0.6) is 0 Å². The van der Waals surface area contributed by atoms with Gasteiger partial charge in [0.15, 0.2) is 0 Å². The van der Waals surface area contributed by atoms with Crippen LogP contribution in [-0.4, -0.2) is 29.7 Å². The Morgan fingerprint density at radius 1 is 1.54 bits per heavy atom. The van der Waals surface area contributed by atoms with Crippen molar-refractivity contribution in [3.63, 3.8) is 0 Å². The van der Waals surface area contributed by atoms with E-state index in [4.69, 9.17) is 0 Å². The number of aromatic nitrogens is 1. The van der Waals surface area contributed by atoms with Crippen molar-refractivity contribution in [2.24, 2.45) is 0 Å². The SMILES string of the molecule is CN(C)C(CCS)c1cccnc1. The van der Waals surface area contributed by atoms with Crippen molar-refractivity contribution >= 4 is 12.6 Å². The van der Waals surface area contributed by atoms with Crippen molar-refractivity contribution in [3.05, 3.63) is 30.1 Å². The van der Waals surface area contributed by atoms with Gasteiger partial charge in [0.2, 0.25) is 0 Å². The van der Waals surface area contributed by atoms with Crippen LogP contribution >= 0.6 is 12.6 Å². The van der Waals surface area contributed by atoms with Crippen LogP contribution in [-0.2, 0) is 0 Å². The molecule has 0 amide bonds. The summed E-state index contributed by atoms with van der Waals surface area (Å²) >= 11 is 4.26. The van der Waals surface area contributed by atoms with Gasteiger partial charge < -0.3 is 4.90 Å². The highest BCUT2D eigenvalue weighted by atomic mass is 32.1. The van der Waals surface area contributed by atoms with E-state index in [-0.39, 0.29) is 0 Å². The fourth-order valence-corrected chi connectivity index (χ4v) is 1.66. The first-order valence-electron chi connectivity index (χ1n) is 4.43. The van der Waals surface area contributed by atoms with Gasteiger partial charge in [-0.1, -0.05) is 6.07 Å². The van der Waals surface area contributed by atoms with Crippen molar-refractivity contribution in [3.8, 4) is 0 Å². The second-order valence-corrected chi connectivity index (χ2v) is 3.73. The van der Waals surface area contributed by atoms with Crippen molar-refractivity contribution in [2.75, 3.05) is 19.8 Å². The zero-order valence-corrected chi connectivity index (χ0v) is 9.04. The van der Waals surface area contributed by atoms with Crippen molar-refractivity contribution in [1.82, 2.24) is 9.88 Å². The van der Waals surface area contributed by atoms with Crippen LogP contribution in [0, 0.1) is 0 Å². The Morgan fingerprint density at radius 3 is 2.77 bits per heavy atom. The highest BCUT2D eigenvalue weighted by Crippen LogP contribution is 2.20. The highest BCUT2D eigenvalue weighted by Gasteiger charge is 2.12. The minimum absolute atomic E-state index is 0.436. The first kappa shape index (κ1) is 10.5. The van der Waals surface area contributed by atoms with Gasteiger partial charge >= 0.3 is 0 Å². The smallest absolute Gasteiger partial charge is 0.0365 e. The van der Waals surface area contributed by atoms with Crippen LogP contribution < -0.4 is 0 Å². The van der Waals surface area contributed by atoms with Gasteiger partial charge in [0, 0.05) is 18.4 Å². The Morgan fingerprint density at radius 2 is 2.31 bits per heavy atom. The van der Waals surface area contributed by atoms with Gasteiger partial charge in [-0.15, -0.1) is 0 Å². The predicted molar refractivity (Wildman–Crippen MR) is 59.1 cm³/mol. The summed E-state index contributed by atoms with van der Waals surface area (Å²) in [7, 11) is 4.17. The molecule has 1 rings (SSSR count). The lowest BCUT2D eigenvalue weighted by molar-refractivity contribution is 0.293. The minimum Gasteiger partial charge on any atom is -0.302 e. The summed E-state index contributed by atoms with van der Waals surface area (Å²) in [5.41, 5.74) is 1.27. The molecule has 0 aliphatic rings. The third-order valence-electron chi connectivity index (χ3n) is 2.10. The summed E-state index contributed by atoms with van der Waals surface area (Å²) in [5, 5.41) is 0. The average molecular weight is 196 g/mol. The third-order valence-corrected chi connectivity index (χ3v) is 2.35. The zero-order chi connectivity index (χ0) is 9.68. The van der Waals surface area contributed by atoms with Crippen LogP contribution in [0.25, 0.3) is 0 Å². The molecule has 0 aromatic carbocycles. The maximum Gasteiger partial charge on any atom is 0.0365 e. The molecule has 1 aromatic heterocycles. The van der Waals surface area contributed by atoms with Gasteiger partial charge in [0.25, 0.3) is 0 Å². The highest BCUT2D eigenvalue weighted by molar-refractivity contribution is 7.80. The van der Waals surface area contributed by atoms with Gasteiger partial charge in [-0.3, -0.25) is 4.98 Å². The molecule has 0 fully saturated rings. The first-order valence-corrected chi connectivity index (χ1v) is 5.06. The third kappa shape index (κ3) is 3.01. The van der Waals surface area contributed by atoms with E-state index in [0.29, 0.717) is 6.04 Å². The van der Waals surface area contributed by atoms with E-state index >= 15 is 0 Å². The van der Waals surface area contributed by atoms with Gasteiger partial charge in [-0.05, 0) is 37.9 Å². The van der Waals surface area contributed by atoms with E-state index in [0.717, 1.165) is 12.2 Å². The molecule has 3 heteroatoms. The molecule has 1 heterocycles. The first-order chi connectivity index (χ1) is 6.25. The quantitative estimate of drug-likeness (QED) is 0.741. The largest absolute Gasteiger partial charge is 0.302 e. The zero-order valence-electron chi connectivity index (χ0n) is 8.14. The Bertz CT molecular complexity index is 236. The topological polar surface area (TPSA) is 16.1 Å². The van der Waals surface area contributed by atoms with E-state index in [1.165, 1.54) is 5.56 Å². The summed E-state index contributed by atoms with van der Waals surface area (Å²) in [6.07, 6.45) is 4.78. The number of pyridine rings is 1. The standard InChI is InChI=1S/C10H16N2S/c1-12(2)10(5-7-13)9-4-3-6-11-8-9/h3-4,6,8,10,13H,5,7H2,1-2H3. The van der Waals surface area contributed by atoms with Gasteiger partial charge in [-0.25, -0.2) is 0 Å². The lowest BCUT2D eigenvalue weighted by atomic mass is 10.1. The second kappa shape index (κ2) is 5.25. The Hall–Kier alpha value is -0.540. The number of hydrogen-bond donors (Lipinski definition) is 1. The van der Waals surface area contributed by atoms with Crippen LogP contribution in [0.15, 0.2) is 24.5 Å². The molecule has 72 valence electrons. The predicted octanol–water partition coefficient (Wildman–Crippen LogP) is 2.00. The molecule has 0 saturated heterocycles. The number of thiol groups is 1. The molecule has 0 bridgehead atoms. The maximum atomic E-state index is 4.26. The van der Waals surface area contributed by atoms with Gasteiger partial charge in [0.05, 0.1) is 0 Å². The molecule has 0 aliphatic heterocycles. The van der Waals surface area contributed by atoms with Crippen molar-refractivity contribution < 1.29 is 0 Å². The monoisotopic (exact) mass is 196 g/mol. The molecule has 0 saturated carbocycles. The number of rotatable bonds is 4. The maximum absolute atomic E-state index is 4.26.